The van der Waals surface area contributed by atoms with Crippen LogP contribution in [-0.2, 0) is 5.88 Å². The van der Waals surface area contributed by atoms with E-state index in [1.807, 2.05) is 19.1 Å². The Labute approximate surface area is 129 Å². The van der Waals surface area contributed by atoms with Crippen molar-refractivity contribution in [1.29, 1.82) is 0 Å². The first-order valence-corrected chi connectivity index (χ1v) is 8.09. The zero-order valence-electron chi connectivity index (χ0n) is 11.8. The largest absolute Gasteiger partial charge is 0.490 e. The van der Waals surface area contributed by atoms with Gasteiger partial charge in [0.2, 0.25) is 0 Å². The minimum Gasteiger partial charge on any atom is -0.490 e. The molecule has 2 nitrogen and oxygen atoms in total. The van der Waals surface area contributed by atoms with Crippen LogP contribution in [-0.4, -0.2) is 13.2 Å². The van der Waals surface area contributed by atoms with Gasteiger partial charge >= 0.3 is 0 Å². The first kappa shape index (κ1) is 16.6. The van der Waals surface area contributed by atoms with Gasteiger partial charge in [0.15, 0.2) is 11.5 Å². The second kappa shape index (κ2) is 8.70. The quantitative estimate of drug-likeness (QED) is 0.585. The Morgan fingerprint density at radius 2 is 2.00 bits per heavy atom. The zero-order chi connectivity index (χ0) is 14.3. The van der Waals surface area contributed by atoms with Crippen LogP contribution in [0.1, 0.15) is 39.2 Å². The maximum atomic E-state index is 5.92. The molecule has 1 unspecified atom stereocenters. The van der Waals surface area contributed by atoms with Crippen LogP contribution in [0.3, 0.4) is 0 Å². The van der Waals surface area contributed by atoms with Crippen LogP contribution in [0.4, 0.5) is 0 Å². The average Bonchev–Trinajstić information content (AvgIpc) is 2.38. The number of rotatable bonds is 8. The third-order valence-corrected chi connectivity index (χ3v) is 3.71. The fraction of sp³-hybridized carbons (Fsp3) is 0.600. The lowest BCUT2D eigenvalue weighted by molar-refractivity contribution is 0.232. The van der Waals surface area contributed by atoms with E-state index in [-0.39, 0.29) is 0 Å². The minimum atomic E-state index is 0.463. The molecule has 1 rings (SSSR count). The van der Waals surface area contributed by atoms with Gasteiger partial charge in [0.05, 0.1) is 17.7 Å². The first-order valence-electron chi connectivity index (χ1n) is 6.76. The molecule has 108 valence electrons. The molecule has 0 bridgehead atoms. The Hall–Kier alpha value is -0.410. The Morgan fingerprint density at radius 3 is 2.58 bits per heavy atom. The second-order valence-corrected chi connectivity index (χ2v) is 5.80. The molecule has 0 saturated carbocycles. The number of alkyl halides is 1. The summed E-state index contributed by atoms with van der Waals surface area (Å²) < 4.78 is 12.5. The molecule has 0 fully saturated rings. The molecule has 1 aromatic rings. The van der Waals surface area contributed by atoms with E-state index in [1.54, 1.807) is 0 Å². The average molecular weight is 350 g/mol. The van der Waals surface area contributed by atoms with Gasteiger partial charge in [0.25, 0.3) is 0 Å². The third kappa shape index (κ3) is 5.23. The van der Waals surface area contributed by atoms with Gasteiger partial charge in [-0.25, -0.2) is 0 Å². The fourth-order valence-electron chi connectivity index (χ4n) is 1.90. The van der Waals surface area contributed by atoms with Gasteiger partial charge in [-0.1, -0.05) is 20.3 Å². The maximum absolute atomic E-state index is 5.92. The van der Waals surface area contributed by atoms with Crippen LogP contribution < -0.4 is 9.47 Å². The van der Waals surface area contributed by atoms with Crippen LogP contribution in [0, 0.1) is 5.92 Å². The highest BCUT2D eigenvalue weighted by atomic mass is 79.9. The number of benzene rings is 1. The molecule has 0 spiro atoms. The van der Waals surface area contributed by atoms with Crippen molar-refractivity contribution >= 4 is 27.5 Å². The molecule has 0 aliphatic carbocycles. The molecule has 0 radical (unpaired) electrons. The van der Waals surface area contributed by atoms with Crippen molar-refractivity contribution in [2.75, 3.05) is 13.2 Å². The van der Waals surface area contributed by atoms with E-state index in [0.29, 0.717) is 25.0 Å². The van der Waals surface area contributed by atoms with Gasteiger partial charge in [0, 0.05) is 5.88 Å². The Morgan fingerprint density at radius 1 is 1.26 bits per heavy atom. The van der Waals surface area contributed by atoms with Gasteiger partial charge in [0.1, 0.15) is 0 Å². The highest BCUT2D eigenvalue weighted by Crippen LogP contribution is 2.37. The predicted molar refractivity (Wildman–Crippen MR) is 84.4 cm³/mol. The predicted octanol–water partition coefficient (Wildman–Crippen LogP) is 5.40. The number of hydrogen-bond donors (Lipinski definition) is 0. The van der Waals surface area contributed by atoms with Crippen molar-refractivity contribution in [3.05, 3.63) is 22.2 Å². The third-order valence-electron chi connectivity index (χ3n) is 2.82. The van der Waals surface area contributed by atoms with E-state index in [0.717, 1.165) is 21.5 Å². The Balaban J connectivity index is 2.85. The van der Waals surface area contributed by atoms with Crippen molar-refractivity contribution < 1.29 is 9.47 Å². The van der Waals surface area contributed by atoms with E-state index in [4.69, 9.17) is 21.1 Å². The van der Waals surface area contributed by atoms with Crippen LogP contribution in [0.5, 0.6) is 11.5 Å². The first-order chi connectivity index (χ1) is 9.12. The van der Waals surface area contributed by atoms with E-state index in [2.05, 4.69) is 29.8 Å². The summed E-state index contributed by atoms with van der Waals surface area (Å²) >= 11 is 9.41. The number of halogens is 2. The zero-order valence-corrected chi connectivity index (χ0v) is 14.2. The van der Waals surface area contributed by atoms with Gasteiger partial charge in [-0.3, -0.25) is 0 Å². The van der Waals surface area contributed by atoms with Gasteiger partial charge < -0.3 is 9.47 Å². The molecule has 0 amide bonds. The monoisotopic (exact) mass is 348 g/mol. The summed E-state index contributed by atoms with van der Waals surface area (Å²) in [5.41, 5.74) is 1.02. The molecule has 0 aromatic heterocycles. The number of ether oxygens (including phenoxy) is 2. The van der Waals surface area contributed by atoms with Crippen molar-refractivity contribution in [3.63, 3.8) is 0 Å². The summed E-state index contributed by atoms with van der Waals surface area (Å²) in [7, 11) is 0. The molecule has 0 aliphatic heterocycles. The molecule has 19 heavy (non-hydrogen) atoms. The topological polar surface area (TPSA) is 18.5 Å². The highest BCUT2D eigenvalue weighted by Gasteiger charge is 2.13. The standard InChI is InChI=1S/C15H22BrClO2/c1-4-6-11(3)10-19-15-13(16)7-12(9-17)8-14(15)18-5-2/h7-8,11H,4-6,9-10H2,1-3H3. The van der Waals surface area contributed by atoms with Crippen LogP contribution in [0.15, 0.2) is 16.6 Å². The van der Waals surface area contributed by atoms with E-state index in [9.17, 15) is 0 Å². The van der Waals surface area contributed by atoms with Crippen LogP contribution >= 0.6 is 27.5 Å². The summed E-state index contributed by atoms with van der Waals surface area (Å²) in [5, 5.41) is 0. The summed E-state index contributed by atoms with van der Waals surface area (Å²) in [6.07, 6.45) is 2.34. The van der Waals surface area contributed by atoms with Crippen LogP contribution in [0.2, 0.25) is 0 Å². The lowest BCUT2D eigenvalue weighted by atomic mass is 10.1. The normalized spacial score (nSPS) is 12.3. The van der Waals surface area contributed by atoms with Crippen molar-refractivity contribution in [2.45, 2.75) is 39.5 Å². The minimum absolute atomic E-state index is 0.463. The second-order valence-electron chi connectivity index (χ2n) is 4.68. The maximum Gasteiger partial charge on any atom is 0.175 e. The number of hydrogen-bond acceptors (Lipinski definition) is 2. The summed E-state index contributed by atoms with van der Waals surface area (Å²) in [4.78, 5) is 0. The van der Waals surface area contributed by atoms with E-state index >= 15 is 0 Å². The molecule has 1 aromatic carbocycles. The SMILES string of the molecule is CCCC(C)COc1c(Br)cc(CCl)cc1OCC. The molecular weight excluding hydrogens is 328 g/mol. The Kier molecular flexibility index (Phi) is 7.62. The van der Waals surface area contributed by atoms with Crippen molar-refractivity contribution in [2.24, 2.45) is 5.92 Å². The van der Waals surface area contributed by atoms with Crippen molar-refractivity contribution in [1.82, 2.24) is 0 Å². The highest BCUT2D eigenvalue weighted by molar-refractivity contribution is 9.10. The summed E-state index contributed by atoms with van der Waals surface area (Å²) in [6.45, 7) is 7.66. The van der Waals surface area contributed by atoms with Crippen molar-refractivity contribution in [3.8, 4) is 11.5 Å². The molecule has 0 heterocycles. The summed E-state index contributed by atoms with van der Waals surface area (Å²) in [5.74, 6) is 2.54. The van der Waals surface area contributed by atoms with E-state index in [1.165, 1.54) is 12.8 Å². The molecule has 0 saturated heterocycles. The fourth-order valence-corrected chi connectivity index (χ4v) is 2.66. The van der Waals surface area contributed by atoms with Gasteiger partial charge in [-0.05, 0) is 52.9 Å². The Bertz CT molecular complexity index is 396. The molecule has 1 atom stereocenters. The van der Waals surface area contributed by atoms with Gasteiger partial charge in [-0.2, -0.15) is 0 Å². The molecule has 0 aliphatic rings. The molecular formula is C15H22BrClO2. The lowest BCUT2D eigenvalue weighted by Gasteiger charge is -2.17. The van der Waals surface area contributed by atoms with Gasteiger partial charge in [-0.15, -0.1) is 11.6 Å². The van der Waals surface area contributed by atoms with Crippen LogP contribution in [0.25, 0.3) is 0 Å². The van der Waals surface area contributed by atoms with E-state index < -0.39 is 0 Å². The summed E-state index contributed by atoms with van der Waals surface area (Å²) in [6, 6.07) is 3.93. The smallest absolute Gasteiger partial charge is 0.175 e. The lowest BCUT2D eigenvalue weighted by Crippen LogP contribution is -2.09. The molecule has 4 heteroatoms. The molecule has 0 N–H and O–H groups in total.